The molecule has 5 heteroatoms. The Morgan fingerprint density at radius 3 is 2.94 bits per heavy atom. The van der Waals surface area contributed by atoms with Crippen LogP contribution in [0.4, 0.5) is 5.95 Å². The van der Waals surface area contributed by atoms with Crippen LogP contribution in [-0.4, -0.2) is 43.3 Å². The third-order valence-electron chi connectivity index (χ3n) is 2.91. The smallest absolute Gasteiger partial charge is 0.228 e. The van der Waals surface area contributed by atoms with E-state index in [0.29, 0.717) is 11.9 Å². The Kier molecular flexibility index (Phi) is 3.24. The average Bonchev–Trinajstić information content (AvgIpc) is 2.76. The maximum Gasteiger partial charge on any atom is 0.228 e. The van der Waals surface area contributed by atoms with Crippen molar-refractivity contribution in [2.45, 2.75) is 19.4 Å². The predicted molar refractivity (Wildman–Crippen MR) is 63.0 cm³/mol. The second-order valence-electron chi connectivity index (χ2n) is 4.07. The summed E-state index contributed by atoms with van der Waals surface area (Å²) < 4.78 is 5.16. The van der Waals surface area contributed by atoms with E-state index in [-0.39, 0.29) is 0 Å². The summed E-state index contributed by atoms with van der Waals surface area (Å²) >= 11 is 0. The minimum absolute atomic E-state index is 0.537. The zero-order chi connectivity index (χ0) is 11.5. The number of methoxy groups -OCH3 is 1. The van der Waals surface area contributed by atoms with E-state index in [9.17, 15) is 0 Å². The van der Waals surface area contributed by atoms with Crippen LogP contribution in [0.5, 0.6) is 5.88 Å². The highest BCUT2D eigenvalue weighted by Crippen LogP contribution is 2.19. The molecule has 88 valence electrons. The van der Waals surface area contributed by atoms with Gasteiger partial charge in [-0.2, -0.15) is 4.98 Å². The molecule has 1 fully saturated rings. The van der Waals surface area contributed by atoms with Crippen molar-refractivity contribution in [1.29, 1.82) is 0 Å². The van der Waals surface area contributed by atoms with Crippen LogP contribution in [0.3, 0.4) is 0 Å². The van der Waals surface area contributed by atoms with Crippen molar-refractivity contribution in [2.24, 2.45) is 0 Å². The van der Waals surface area contributed by atoms with Crippen molar-refractivity contribution < 1.29 is 4.74 Å². The summed E-state index contributed by atoms with van der Waals surface area (Å²) in [5.74, 6) is 1.41. The van der Waals surface area contributed by atoms with Crippen LogP contribution in [0.25, 0.3) is 0 Å². The molecule has 2 rings (SSSR count). The first-order valence-electron chi connectivity index (χ1n) is 5.55. The van der Waals surface area contributed by atoms with Gasteiger partial charge in [0.15, 0.2) is 0 Å². The van der Waals surface area contributed by atoms with Crippen LogP contribution in [0.15, 0.2) is 6.07 Å². The summed E-state index contributed by atoms with van der Waals surface area (Å²) in [6.07, 6.45) is 1.14. The van der Waals surface area contributed by atoms with Crippen LogP contribution in [0.1, 0.15) is 12.1 Å². The Morgan fingerprint density at radius 2 is 2.31 bits per heavy atom. The Hall–Kier alpha value is -1.36. The number of likely N-dealkylation sites (N-methyl/N-ethyl adjacent to an activating group) is 1. The minimum atomic E-state index is 0.537. The van der Waals surface area contributed by atoms with Crippen molar-refractivity contribution in [1.82, 2.24) is 15.3 Å². The molecule has 0 amide bonds. The molecular weight excluding hydrogens is 204 g/mol. The summed E-state index contributed by atoms with van der Waals surface area (Å²) in [5.41, 5.74) is 0.940. The Labute approximate surface area is 95.8 Å². The van der Waals surface area contributed by atoms with Gasteiger partial charge in [-0.05, 0) is 20.4 Å². The molecule has 1 aromatic rings. The number of anilines is 1. The van der Waals surface area contributed by atoms with Crippen molar-refractivity contribution >= 4 is 5.95 Å². The molecule has 1 N–H and O–H groups in total. The van der Waals surface area contributed by atoms with Crippen LogP contribution >= 0.6 is 0 Å². The lowest BCUT2D eigenvalue weighted by Gasteiger charge is -2.17. The van der Waals surface area contributed by atoms with E-state index < -0.39 is 0 Å². The van der Waals surface area contributed by atoms with E-state index in [1.807, 2.05) is 20.0 Å². The van der Waals surface area contributed by atoms with Gasteiger partial charge in [0.05, 0.1) is 7.11 Å². The summed E-state index contributed by atoms with van der Waals surface area (Å²) in [6, 6.07) is 2.38. The standard InChI is InChI=1S/C11H18N4O/c1-8-6-10(16-3)14-11(13-8)15-5-4-9(7-15)12-2/h6,9,12H,4-5,7H2,1-3H3. The molecule has 0 saturated carbocycles. The fourth-order valence-electron chi connectivity index (χ4n) is 1.95. The zero-order valence-electron chi connectivity index (χ0n) is 10.0. The first-order valence-corrected chi connectivity index (χ1v) is 5.55. The van der Waals surface area contributed by atoms with Gasteiger partial charge in [-0.3, -0.25) is 0 Å². The van der Waals surface area contributed by atoms with Gasteiger partial charge < -0.3 is 15.0 Å². The number of hydrogen-bond acceptors (Lipinski definition) is 5. The van der Waals surface area contributed by atoms with Gasteiger partial charge in [0.25, 0.3) is 0 Å². The number of aromatic nitrogens is 2. The van der Waals surface area contributed by atoms with Crippen LogP contribution in [0.2, 0.25) is 0 Å². The molecule has 1 aromatic heterocycles. The molecule has 1 unspecified atom stereocenters. The molecule has 0 radical (unpaired) electrons. The van der Waals surface area contributed by atoms with Crippen molar-refractivity contribution in [3.8, 4) is 5.88 Å². The van der Waals surface area contributed by atoms with Crippen LogP contribution in [-0.2, 0) is 0 Å². The summed E-state index contributed by atoms with van der Waals surface area (Å²) in [7, 11) is 3.62. The number of hydrogen-bond donors (Lipinski definition) is 1. The summed E-state index contributed by atoms with van der Waals surface area (Å²) in [6.45, 7) is 3.92. The van der Waals surface area contributed by atoms with E-state index in [1.54, 1.807) is 7.11 Å². The SMILES string of the molecule is CNC1CCN(c2nc(C)cc(OC)n2)C1. The Balaban J connectivity index is 2.17. The van der Waals surface area contributed by atoms with E-state index in [2.05, 4.69) is 20.2 Å². The number of nitrogens with one attached hydrogen (secondary N) is 1. The minimum Gasteiger partial charge on any atom is -0.481 e. The second kappa shape index (κ2) is 4.65. The molecule has 0 spiro atoms. The first-order chi connectivity index (χ1) is 7.72. The van der Waals surface area contributed by atoms with E-state index >= 15 is 0 Å². The molecule has 5 nitrogen and oxygen atoms in total. The van der Waals surface area contributed by atoms with Gasteiger partial charge in [0, 0.05) is 30.9 Å². The topological polar surface area (TPSA) is 50.3 Å². The Morgan fingerprint density at radius 1 is 1.50 bits per heavy atom. The number of rotatable bonds is 3. The molecule has 1 saturated heterocycles. The fourth-order valence-corrected chi connectivity index (χ4v) is 1.95. The van der Waals surface area contributed by atoms with Crippen molar-refractivity contribution in [3.05, 3.63) is 11.8 Å². The van der Waals surface area contributed by atoms with Crippen molar-refractivity contribution in [2.75, 3.05) is 32.1 Å². The summed E-state index contributed by atoms with van der Waals surface area (Å²) in [4.78, 5) is 11.0. The van der Waals surface area contributed by atoms with Gasteiger partial charge in [0.2, 0.25) is 11.8 Å². The summed E-state index contributed by atoms with van der Waals surface area (Å²) in [5, 5.41) is 3.28. The molecule has 2 heterocycles. The molecular formula is C11H18N4O. The lowest BCUT2D eigenvalue weighted by atomic mass is 10.3. The quantitative estimate of drug-likeness (QED) is 0.811. The molecule has 1 aliphatic rings. The lowest BCUT2D eigenvalue weighted by molar-refractivity contribution is 0.396. The predicted octanol–water partition coefficient (Wildman–Crippen LogP) is 0.592. The highest BCUT2D eigenvalue weighted by molar-refractivity contribution is 5.36. The van der Waals surface area contributed by atoms with Gasteiger partial charge in [-0.1, -0.05) is 0 Å². The van der Waals surface area contributed by atoms with Crippen LogP contribution < -0.4 is 15.0 Å². The van der Waals surface area contributed by atoms with E-state index in [1.165, 1.54) is 0 Å². The van der Waals surface area contributed by atoms with E-state index in [4.69, 9.17) is 4.74 Å². The van der Waals surface area contributed by atoms with Crippen molar-refractivity contribution in [3.63, 3.8) is 0 Å². The molecule has 1 atom stereocenters. The van der Waals surface area contributed by atoms with Gasteiger partial charge in [-0.15, -0.1) is 0 Å². The van der Waals surface area contributed by atoms with E-state index in [0.717, 1.165) is 31.2 Å². The maximum absolute atomic E-state index is 5.16. The number of nitrogens with zero attached hydrogens (tertiary/aromatic N) is 3. The van der Waals surface area contributed by atoms with Crippen LogP contribution in [0, 0.1) is 6.92 Å². The Bertz CT molecular complexity index is 369. The third-order valence-corrected chi connectivity index (χ3v) is 2.91. The largest absolute Gasteiger partial charge is 0.481 e. The molecule has 0 aromatic carbocycles. The molecule has 0 aliphatic carbocycles. The van der Waals surface area contributed by atoms with Gasteiger partial charge >= 0.3 is 0 Å². The monoisotopic (exact) mass is 222 g/mol. The number of ether oxygens (including phenoxy) is 1. The number of aryl methyl sites for hydroxylation is 1. The van der Waals surface area contributed by atoms with Gasteiger partial charge in [-0.25, -0.2) is 4.98 Å². The third kappa shape index (κ3) is 2.24. The second-order valence-corrected chi connectivity index (χ2v) is 4.07. The normalized spacial score (nSPS) is 20.2. The maximum atomic E-state index is 5.16. The fraction of sp³-hybridized carbons (Fsp3) is 0.636. The molecule has 1 aliphatic heterocycles. The first kappa shape index (κ1) is 11.1. The lowest BCUT2D eigenvalue weighted by Crippen LogP contribution is -2.30. The average molecular weight is 222 g/mol. The molecule has 16 heavy (non-hydrogen) atoms. The highest BCUT2D eigenvalue weighted by atomic mass is 16.5. The zero-order valence-corrected chi connectivity index (χ0v) is 10.0. The molecule has 0 bridgehead atoms. The van der Waals surface area contributed by atoms with Gasteiger partial charge in [0.1, 0.15) is 0 Å². The highest BCUT2D eigenvalue weighted by Gasteiger charge is 2.23.